The molecule has 0 radical (unpaired) electrons. The molecule has 0 spiro atoms. The second kappa shape index (κ2) is 9.74. The van der Waals surface area contributed by atoms with Gasteiger partial charge in [-0.3, -0.25) is 9.78 Å². The molecule has 1 aromatic carbocycles. The first kappa shape index (κ1) is 21.1. The molecule has 0 aliphatic carbocycles. The van der Waals surface area contributed by atoms with E-state index in [0.717, 1.165) is 62.8 Å². The molecule has 6 heteroatoms. The van der Waals surface area contributed by atoms with E-state index in [-0.39, 0.29) is 5.91 Å². The van der Waals surface area contributed by atoms with Crippen LogP contribution in [0, 0.1) is 6.92 Å². The third-order valence-electron chi connectivity index (χ3n) is 5.75. The van der Waals surface area contributed by atoms with Crippen LogP contribution in [0.2, 0.25) is 0 Å². The number of anilines is 3. The molecule has 2 aromatic rings. The minimum absolute atomic E-state index is 0.169. The molecule has 0 saturated carbocycles. The van der Waals surface area contributed by atoms with Gasteiger partial charge in [0.15, 0.2) is 0 Å². The van der Waals surface area contributed by atoms with Gasteiger partial charge in [-0.25, -0.2) is 0 Å². The Balaban J connectivity index is 1.70. The molecule has 1 aromatic heterocycles. The van der Waals surface area contributed by atoms with Gasteiger partial charge >= 0.3 is 0 Å². The summed E-state index contributed by atoms with van der Waals surface area (Å²) in [6, 6.07) is 10.1. The highest BCUT2D eigenvalue weighted by atomic mass is 16.1. The van der Waals surface area contributed by atoms with Crippen molar-refractivity contribution in [2.45, 2.75) is 27.7 Å². The van der Waals surface area contributed by atoms with Gasteiger partial charge in [0.1, 0.15) is 5.69 Å². The number of piperazine rings is 1. The molecule has 0 atom stereocenters. The zero-order valence-corrected chi connectivity index (χ0v) is 18.1. The number of aryl methyl sites for hydroxylation is 1. The monoisotopic (exact) mass is 395 g/mol. The van der Waals surface area contributed by atoms with Gasteiger partial charge in [0.2, 0.25) is 0 Å². The summed E-state index contributed by atoms with van der Waals surface area (Å²) in [6.45, 7) is 15.6. The first-order valence-electron chi connectivity index (χ1n) is 10.7. The van der Waals surface area contributed by atoms with E-state index in [4.69, 9.17) is 0 Å². The smallest absolute Gasteiger partial charge is 0.274 e. The van der Waals surface area contributed by atoms with Crippen LogP contribution in [0.3, 0.4) is 0 Å². The van der Waals surface area contributed by atoms with Gasteiger partial charge in [-0.05, 0) is 63.2 Å². The third-order valence-corrected chi connectivity index (χ3v) is 5.75. The SMILES string of the molecule is CCN1CCN(c2ccnc(C(=O)Nc3ccc(N(CC)CC)cc3C)c2)CC1. The molecule has 1 saturated heterocycles. The van der Waals surface area contributed by atoms with Crippen molar-refractivity contribution in [1.29, 1.82) is 0 Å². The van der Waals surface area contributed by atoms with E-state index in [2.05, 4.69) is 57.9 Å². The lowest BCUT2D eigenvalue weighted by molar-refractivity contribution is 0.102. The van der Waals surface area contributed by atoms with Crippen molar-refractivity contribution < 1.29 is 4.79 Å². The first-order valence-corrected chi connectivity index (χ1v) is 10.7. The second-order valence-electron chi connectivity index (χ2n) is 7.45. The van der Waals surface area contributed by atoms with Crippen LogP contribution in [-0.2, 0) is 0 Å². The number of likely N-dealkylation sites (N-methyl/N-ethyl adjacent to an activating group) is 1. The van der Waals surface area contributed by atoms with E-state index in [9.17, 15) is 4.79 Å². The van der Waals surface area contributed by atoms with Crippen molar-refractivity contribution in [2.75, 3.05) is 60.9 Å². The minimum atomic E-state index is -0.169. The molecule has 1 amide bonds. The summed E-state index contributed by atoms with van der Waals surface area (Å²) in [4.78, 5) is 24.2. The summed E-state index contributed by atoms with van der Waals surface area (Å²) in [6.07, 6.45) is 1.73. The molecular weight excluding hydrogens is 362 g/mol. The lowest BCUT2D eigenvalue weighted by atomic mass is 10.1. The maximum absolute atomic E-state index is 12.8. The highest BCUT2D eigenvalue weighted by Crippen LogP contribution is 2.24. The number of amides is 1. The number of pyridine rings is 1. The standard InChI is InChI=1S/C23H33N5O/c1-5-26-12-14-28(15-13-26)20-10-11-24-22(17-20)23(29)25-21-9-8-19(16-18(21)4)27(6-2)7-3/h8-11,16-17H,5-7,12-15H2,1-4H3,(H,25,29). The van der Waals surface area contributed by atoms with Gasteiger partial charge in [0.05, 0.1) is 0 Å². The summed E-state index contributed by atoms with van der Waals surface area (Å²) in [5, 5.41) is 3.03. The van der Waals surface area contributed by atoms with Gasteiger partial charge in [-0.1, -0.05) is 6.92 Å². The Labute approximate surface area is 174 Å². The van der Waals surface area contributed by atoms with Crippen LogP contribution in [-0.4, -0.2) is 61.6 Å². The molecule has 0 unspecified atom stereocenters. The molecule has 6 nitrogen and oxygen atoms in total. The highest BCUT2D eigenvalue weighted by Gasteiger charge is 2.18. The predicted octanol–water partition coefficient (Wildman–Crippen LogP) is 3.63. The summed E-state index contributed by atoms with van der Waals surface area (Å²) in [5.41, 5.74) is 4.57. The lowest BCUT2D eigenvalue weighted by Crippen LogP contribution is -2.46. The Kier molecular flexibility index (Phi) is 7.09. The van der Waals surface area contributed by atoms with Crippen LogP contribution in [0.4, 0.5) is 17.1 Å². The van der Waals surface area contributed by atoms with Crippen molar-refractivity contribution in [3.05, 3.63) is 47.8 Å². The Morgan fingerprint density at radius 1 is 1.07 bits per heavy atom. The minimum Gasteiger partial charge on any atom is -0.372 e. The second-order valence-corrected chi connectivity index (χ2v) is 7.45. The van der Waals surface area contributed by atoms with Gasteiger partial charge in [0, 0.05) is 62.5 Å². The normalized spacial score (nSPS) is 14.7. The number of carbonyl (C=O) groups is 1. The topological polar surface area (TPSA) is 51.7 Å². The zero-order valence-electron chi connectivity index (χ0n) is 18.1. The van der Waals surface area contributed by atoms with Crippen LogP contribution in [0.25, 0.3) is 0 Å². The quantitative estimate of drug-likeness (QED) is 0.776. The maximum atomic E-state index is 12.8. The third kappa shape index (κ3) is 5.07. The van der Waals surface area contributed by atoms with E-state index in [1.54, 1.807) is 6.20 Å². The fourth-order valence-corrected chi connectivity index (χ4v) is 3.82. The highest BCUT2D eigenvalue weighted by molar-refractivity contribution is 6.03. The van der Waals surface area contributed by atoms with Crippen LogP contribution >= 0.6 is 0 Å². The number of nitrogens with zero attached hydrogens (tertiary/aromatic N) is 4. The Bertz CT molecular complexity index is 826. The van der Waals surface area contributed by atoms with Gasteiger partial charge in [-0.2, -0.15) is 0 Å². The maximum Gasteiger partial charge on any atom is 0.274 e. The lowest BCUT2D eigenvalue weighted by Gasteiger charge is -2.35. The molecule has 1 aliphatic heterocycles. The van der Waals surface area contributed by atoms with E-state index in [1.165, 1.54) is 5.69 Å². The molecule has 1 fully saturated rings. The number of rotatable bonds is 7. The average molecular weight is 396 g/mol. The Hall–Kier alpha value is -2.60. The number of aromatic nitrogens is 1. The van der Waals surface area contributed by atoms with Crippen molar-refractivity contribution in [3.63, 3.8) is 0 Å². The molecule has 156 valence electrons. The predicted molar refractivity (Wildman–Crippen MR) is 121 cm³/mol. The van der Waals surface area contributed by atoms with E-state index in [1.807, 2.05) is 25.1 Å². The fourth-order valence-electron chi connectivity index (χ4n) is 3.82. The number of nitrogens with one attached hydrogen (secondary N) is 1. The number of hydrogen-bond acceptors (Lipinski definition) is 5. The summed E-state index contributed by atoms with van der Waals surface area (Å²) >= 11 is 0. The van der Waals surface area contributed by atoms with Gasteiger partial charge < -0.3 is 20.0 Å². The fraction of sp³-hybridized carbons (Fsp3) is 0.478. The van der Waals surface area contributed by atoms with E-state index in [0.29, 0.717) is 5.69 Å². The first-order chi connectivity index (χ1) is 14.0. The van der Waals surface area contributed by atoms with Crippen molar-refractivity contribution in [2.24, 2.45) is 0 Å². The largest absolute Gasteiger partial charge is 0.372 e. The van der Waals surface area contributed by atoms with Gasteiger partial charge in [0.25, 0.3) is 5.91 Å². The van der Waals surface area contributed by atoms with E-state index < -0.39 is 0 Å². The Morgan fingerprint density at radius 3 is 2.41 bits per heavy atom. The molecule has 29 heavy (non-hydrogen) atoms. The Morgan fingerprint density at radius 2 is 1.79 bits per heavy atom. The van der Waals surface area contributed by atoms with Crippen LogP contribution in [0.1, 0.15) is 36.8 Å². The summed E-state index contributed by atoms with van der Waals surface area (Å²) in [7, 11) is 0. The molecular formula is C23H33N5O. The molecule has 2 heterocycles. The molecule has 1 N–H and O–H groups in total. The van der Waals surface area contributed by atoms with Crippen molar-refractivity contribution >= 4 is 23.0 Å². The molecule has 3 rings (SSSR count). The van der Waals surface area contributed by atoms with E-state index >= 15 is 0 Å². The average Bonchev–Trinajstić information content (AvgIpc) is 2.76. The van der Waals surface area contributed by atoms with Gasteiger partial charge in [-0.15, -0.1) is 0 Å². The molecule has 0 bridgehead atoms. The summed E-state index contributed by atoms with van der Waals surface area (Å²) < 4.78 is 0. The van der Waals surface area contributed by atoms with Crippen molar-refractivity contribution in [3.8, 4) is 0 Å². The number of benzene rings is 1. The van der Waals surface area contributed by atoms with Crippen LogP contribution in [0.15, 0.2) is 36.5 Å². The number of hydrogen-bond donors (Lipinski definition) is 1. The zero-order chi connectivity index (χ0) is 20.8. The van der Waals surface area contributed by atoms with Crippen LogP contribution in [0.5, 0.6) is 0 Å². The number of carbonyl (C=O) groups excluding carboxylic acids is 1. The van der Waals surface area contributed by atoms with Crippen LogP contribution < -0.4 is 15.1 Å². The van der Waals surface area contributed by atoms with Crippen molar-refractivity contribution in [1.82, 2.24) is 9.88 Å². The molecule has 1 aliphatic rings. The summed E-state index contributed by atoms with van der Waals surface area (Å²) in [5.74, 6) is -0.169.